The lowest BCUT2D eigenvalue weighted by Crippen LogP contribution is -2.23. The molecule has 0 aliphatic rings. The second-order valence-electron chi connectivity index (χ2n) is 5.38. The Kier molecular flexibility index (Phi) is 4.78. The third-order valence-electron chi connectivity index (χ3n) is 3.43. The van der Waals surface area contributed by atoms with Gasteiger partial charge in [0.2, 0.25) is 0 Å². The van der Waals surface area contributed by atoms with Crippen molar-refractivity contribution in [1.82, 2.24) is 10.3 Å². The van der Waals surface area contributed by atoms with Crippen LogP contribution in [0.1, 0.15) is 15.4 Å². The summed E-state index contributed by atoms with van der Waals surface area (Å²) in [5, 5.41) is 3.27. The normalized spacial score (nSPS) is 10.1. The Balaban J connectivity index is 1.66. The van der Waals surface area contributed by atoms with Gasteiger partial charge in [0.15, 0.2) is 5.01 Å². The number of rotatable bonds is 3. The predicted octanol–water partition coefficient (Wildman–Crippen LogP) is 3.14. The first-order chi connectivity index (χ1) is 11.6. The fraction of sp³-hybridized carbons (Fsp3) is 0.158. The lowest BCUT2D eigenvalue weighted by Gasteiger charge is -2.13. The van der Waals surface area contributed by atoms with Gasteiger partial charge in [0.1, 0.15) is 0 Å². The van der Waals surface area contributed by atoms with Crippen LogP contribution in [-0.4, -0.2) is 31.5 Å². The van der Waals surface area contributed by atoms with Gasteiger partial charge in [-0.15, -0.1) is 11.3 Å². The number of hydrogen-bond acceptors (Lipinski definition) is 4. The molecule has 0 atom stereocenters. The van der Waals surface area contributed by atoms with Gasteiger partial charge in [-0.25, -0.2) is 4.98 Å². The van der Waals surface area contributed by atoms with E-state index in [2.05, 4.69) is 22.1 Å². The molecular weight excluding hydrogens is 318 g/mol. The minimum atomic E-state index is -0.189. The molecule has 0 aliphatic heterocycles. The van der Waals surface area contributed by atoms with Crippen molar-refractivity contribution in [3.05, 3.63) is 59.1 Å². The van der Waals surface area contributed by atoms with Crippen molar-refractivity contribution in [2.45, 2.75) is 0 Å². The van der Waals surface area contributed by atoms with Crippen molar-refractivity contribution in [3.63, 3.8) is 0 Å². The van der Waals surface area contributed by atoms with Crippen LogP contribution in [0.4, 0.5) is 5.69 Å². The SMILES string of the molecule is CN(C)c1ccccc1C#CCNC(=O)c1nc2ccccc2s1. The van der Waals surface area contributed by atoms with Gasteiger partial charge in [-0.1, -0.05) is 36.1 Å². The van der Waals surface area contributed by atoms with Gasteiger partial charge >= 0.3 is 0 Å². The molecule has 3 rings (SSSR count). The highest BCUT2D eigenvalue weighted by molar-refractivity contribution is 7.20. The van der Waals surface area contributed by atoms with Crippen LogP contribution < -0.4 is 10.2 Å². The molecule has 3 aromatic rings. The molecule has 24 heavy (non-hydrogen) atoms. The summed E-state index contributed by atoms with van der Waals surface area (Å²) in [7, 11) is 3.96. The third-order valence-corrected chi connectivity index (χ3v) is 4.47. The standard InChI is InChI=1S/C19H17N3OS/c1-22(2)16-11-5-3-8-14(16)9-7-13-20-18(23)19-21-15-10-4-6-12-17(15)24-19/h3-6,8,10-12H,13H2,1-2H3,(H,20,23). The average Bonchev–Trinajstić information content (AvgIpc) is 3.03. The van der Waals surface area contributed by atoms with Gasteiger partial charge < -0.3 is 10.2 Å². The monoisotopic (exact) mass is 335 g/mol. The average molecular weight is 335 g/mol. The van der Waals surface area contributed by atoms with E-state index in [1.807, 2.05) is 67.5 Å². The Hall–Kier alpha value is -2.84. The van der Waals surface area contributed by atoms with Crippen LogP contribution in [0, 0.1) is 11.8 Å². The summed E-state index contributed by atoms with van der Waals surface area (Å²) in [4.78, 5) is 18.5. The number of nitrogens with zero attached hydrogens (tertiary/aromatic N) is 2. The Bertz CT molecular complexity index is 901. The van der Waals surface area contributed by atoms with Gasteiger partial charge in [-0.05, 0) is 24.3 Å². The highest BCUT2D eigenvalue weighted by atomic mass is 32.1. The van der Waals surface area contributed by atoms with Crippen LogP contribution in [0.5, 0.6) is 0 Å². The summed E-state index contributed by atoms with van der Waals surface area (Å²) in [6.07, 6.45) is 0. The predicted molar refractivity (Wildman–Crippen MR) is 99.6 cm³/mol. The molecule has 0 bridgehead atoms. The van der Waals surface area contributed by atoms with Gasteiger partial charge in [-0.2, -0.15) is 0 Å². The lowest BCUT2D eigenvalue weighted by atomic mass is 10.1. The van der Waals surface area contributed by atoms with Crippen LogP contribution in [0.2, 0.25) is 0 Å². The summed E-state index contributed by atoms with van der Waals surface area (Å²) < 4.78 is 1.01. The van der Waals surface area contributed by atoms with Gasteiger partial charge in [0, 0.05) is 19.7 Å². The number of para-hydroxylation sites is 2. The highest BCUT2D eigenvalue weighted by Crippen LogP contribution is 2.21. The number of carbonyl (C=O) groups is 1. The number of anilines is 1. The second-order valence-corrected chi connectivity index (χ2v) is 6.41. The first-order valence-electron chi connectivity index (χ1n) is 7.54. The molecule has 1 heterocycles. The Morgan fingerprint density at radius 2 is 1.92 bits per heavy atom. The second kappa shape index (κ2) is 7.16. The number of fused-ring (bicyclic) bond motifs is 1. The molecule has 1 N–H and O–H groups in total. The van der Waals surface area contributed by atoms with Crippen molar-refractivity contribution in [2.75, 3.05) is 25.5 Å². The molecule has 0 spiro atoms. The van der Waals surface area contributed by atoms with E-state index < -0.39 is 0 Å². The van der Waals surface area contributed by atoms with Crippen LogP contribution in [0.25, 0.3) is 10.2 Å². The molecule has 1 aromatic heterocycles. The van der Waals surface area contributed by atoms with Gasteiger partial charge in [0.05, 0.1) is 22.4 Å². The molecule has 120 valence electrons. The van der Waals surface area contributed by atoms with Crippen molar-refractivity contribution in [1.29, 1.82) is 0 Å². The summed E-state index contributed by atoms with van der Waals surface area (Å²) in [5.41, 5.74) is 2.85. The van der Waals surface area contributed by atoms with Crippen LogP contribution in [0.3, 0.4) is 0 Å². The van der Waals surface area contributed by atoms with E-state index in [0.717, 1.165) is 21.5 Å². The zero-order chi connectivity index (χ0) is 16.9. The van der Waals surface area contributed by atoms with E-state index in [1.165, 1.54) is 11.3 Å². The minimum absolute atomic E-state index is 0.189. The Morgan fingerprint density at radius 1 is 1.17 bits per heavy atom. The van der Waals surface area contributed by atoms with Crippen molar-refractivity contribution in [2.24, 2.45) is 0 Å². The van der Waals surface area contributed by atoms with Gasteiger partial charge in [0.25, 0.3) is 5.91 Å². The maximum absolute atomic E-state index is 12.2. The van der Waals surface area contributed by atoms with Crippen molar-refractivity contribution in [3.8, 4) is 11.8 Å². The van der Waals surface area contributed by atoms with Crippen molar-refractivity contribution < 1.29 is 4.79 Å². The number of thiazole rings is 1. The summed E-state index contributed by atoms with van der Waals surface area (Å²) in [6.45, 7) is 0.288. The number of hydrogen-bond donors (Lipinski definition) is 1. The number of nitrogens with one attached hydrogen (secondary N) is 1. The van der Waals surface area contributed by atoms with E-state index in [4.69, 9.17) is 0 Å². The van der Waals surface area contributed by atoms with E-state index >= 15 is 0 Å². The molecule has 1 amide bonds. The number of benzene rings is 2. The zero-order valence-corrected chi connectivity index (χ0v) is 14.4. The first-order valence-corrected chi connectivity index (χ1v) is 8.36. The van der Waals surface area contributed by atoms with Crippen LogP contribution in [-0.2, 0) is 0 Å². The van der Waals surface area contributed by atoms with Crippen LogP contribution >= 0.6 is 11.3 Å². The smallest absolute Gasteiger partial charge is 0.281 e. The van der Waals surface area contributed by atoms with E-state index in [9.17, 15) is 4.79 Å². The zero-order valence-electron chi connectivity index (χ0n) is 13.5. The quantitative estimate of drug-likeness (QED) is 0.748. The Morgan fingerprint density at radius 3 is 2.71 bits per heavy atom. The molecule has 4 nitrogen and oxygen atoms in total. The highest BCUT2D eigenvalue weighted by Gasteiger charge is 2.10. The number of amides is 1. The summed E-state index contributed by atoms with van der Waals surface area (Å²) in [5.74, 6) is 5.92. The summed E-state index contributed by atoms with van der Waals surface area (Å²) in [6, 6.07) is 15.6. The fourth-order valence-electron chi connectivity index (χ4n) is 2.28. The minimum Gasteiger partial charge on any atom is -0.377 e. The van der Waals surface area contributed by atoms with E-state index in [-0.39, 0.29) is 12.5 Å². The number of aromatic nitrogens is 1. The van der Waals surface area contributed by atoms with Gasteiger partial charge in [-0.3, -0.25) is 4.79 Å². The number of carbonyl (C=O) groups excluding carboxylic acids is 1. The molecule has 5 heteroatoms. The molecule has 0 radical (unpaired) electrons. The lowest BCUT2D eigenvalue weighted by molar-refractivity contribution is 0.0958. The van der Waals surface area contributed by atoms with Crippen LogP contribution in [0.15, 0.2) is 48.5 Å². The molecule has 0 saturated carbocycles. The molecule has 0 saturated heterocycles. The van der Waals surface area contributed by atoms with E-state index in [0.29, 0.717) is 5.01 Å². The summed E-state index contributed by atoms with van der Waals surface area (Å²) >= 11 is 1.39. The molecule has 0 unspecified atom stereocenters. The first kappa shape index (κ1) is 16.0. The molecular formula is C19H17N3OS. The third kappa shape index (κ3) is 3.55. The molecule has 0 fully saturated rings. The van der Waals surface area contributed by atoms with Crippen molar-refractivity contribution >= 4 is 33.1 Å². The largest absolute Gasteiger partial charge is 0.377 e. The van der Waals surface area contributed by atoms with E-state index in [1.54, 1.807) is 0 Å². The Labute approximate surface area is 145 Å². The maximum atomic E-state index is 12.2. The maximum Gasteiger partial charge on any atom is 0.281 e. The topological polar surface area (TPSA) is 45.2 Å². The molecule has 0 aliphatic carbocycles. The fourth-order valence-corrected chi connectivity index (χ4v) is 3.16. The molecule has 2 aromatic carbocycles.